The molecule has 0 unspecified atom stereocenters. The number of rotatable bonds is 4. The number of benzene rings is 1. The quantitative estimate of drug-likeness (QED) is 0.840. The third kappa shape index (κ3) is 3.21. The number of fused-ring (bicyclic) bond motifs is 1. The molecule has 1 aromatic heterocycles. The number of aliphatic hydroxyl groups is 2. The zero-order valence-electron chi connectivity index (χ0n) is 14.9. The summed E-state index contributed by atoms with van der Waals surface area (Å²) in [6.45, 7) is 10.9. The Morgan fingerprint density at radius 2 is 1.92 bits per heavy atom. The average Bonchev–Trinajstić information content (AvgIpc) is 2.86. The van der Waals surface area contributed by atoms with Crippen molar-refractivity contribution in [2.24, 2.45) is 7.05 Å². The SMILES string of the molecule is C=C(O)c1cc2cc(CN3CCC(O)CC3)cc(C(C)C)c2n1C. The smallest absolute Gasteiger partial charge is 0.132 e. The molecule has 1 saturated heterocycles. The van der Waals surface area contributed by atoms with Gasteiger partial charge in [0, 0.05) is 32.1 Å². The molecule has 130 valence electrons. The molecule has 4 nitrogen and oxygen atoms in total. The summed E-state index contributed by atoms with van der Waals surface area (Å²) in [5.41, 5.74) is 4.54. The van der Waals surface area contributed by atoms with Crippen molar-refractivity contribution in [1.82, 2.24) is 9.47 Å². The second kappa shape index (κ2) is 6.61. The maximum atomic E-state index is 9.84. The van der Waals surface area contributed by atoms with Gasteiger partial charge in [-0.25, -0.2) is 0 Å². The van der Waals surface area contributed by atoms with Crippen molar-refractivity contribution >= 4 is 16.7 Å². The van der Waals surface area contributed by atoms with Crippen LogP contribution in [0.3, 0.4) is 0 Å². The summed E-state index contributed by atoms with van der Waals surface area (Å²) < 4.78 is 2.04. The van der Waals surface area contributed by atoms with Crippen molar-refractivity contribution in [2.75, 3.05) is 13.1 Å². The number of aryl methyl sites for hydroxylation is 1. The zero-order chi connectivity index (χ0) is 17.4. The predicted octanol–water partition coefficient (Wildman–Crippen LogP) is 3.79. The molecule has 0 atom stereocenters. The van der Waals surface area contributed by atoms with E-state index in [1.165, 1.54) is 16.6 Å². The molecule has 0 saturated carbocycles. The highest BCUT2D eigenvalue weighted by atomic mass is 16.3. The predicted molar refractivity (Wildman–Crippen MR) is 99.2 cm³/mol. The lowest BCUT2D eigenvalue weighted by Gasteiger charge is -2.29. The van der Waals surface area contributed by atoms with Crippen molar-refractivity contribution in [3.63, 3.8) is 0 Å². The molecule has 1 aliphatic heterocycles. The van der Waals surface area contributed by atoms with Gasteiger partial charge in [-0.1, -0.05) is 26.5 Å². The van der Waals surface area contributed by atoms with Crippen LogP contribution in [0, 0.1) is 0 Å². The van der Waals surface area contributed by atoms with E-state index in [1.54, 1.807) is 0 Å². The highest BCUT2D eigenvalue weighted by molar-refractivity contribution is 5.88. The lowest BCUT2D eigenvalue weighted by molar-refractivity contribution is 0.0792. The summed E-state index contributed by atoms with van der Waals surface area (Å²) in [6.07, 6.45) is 1.58. The van der Waals surface area contributed by atoms with Gasteiger partial charge >= 0.3 is 0 Å². The van der Waals surface area contributed by atoms with Gasteiger partial charge in [0.2, 0.25) is 0 Å². The number of hydrogen-bond donors (Lipinski definition) is 2. The molecule has 1 aliphatic rings. The molecule has 2 N–H and O–H groups in total. The molecule has 2 heterocycles. The van der Waals surface area contributed by atoms with Crippen LogP contribution in [-0.4, -0.2) is 38.9 Å². The highest BCUT2D eigenvalue weighted by Crippen LogP contribution is 2.31. The van der Waals surface area contributed by atoms with Crippen LogP contribution in [-0.2, 0) is 13.6 Å². The Morgan fingerprint density at radius 3 is 2.50 bits per heavy atom. The normalized spacial score (nSPS) is 17.0. The first-order chi connectivity index (χ1) is 11.4. The maximum absolute atomic E-state index is 9.84. The minimum atomic E-state index is -0.137. The molecule has 3 rings (SSSR count). The Hall–Kier alpha value is -1.78. The number of likely N-dealkylation sites (tertiary alicyclic amines) is 1. The molecule has 0 amide bonds. The zero-order valence-corrected chi connectivity index (χ0v) is 14.9. The van der Waals surface area contributed by atoms with E-state index in [0.717, 1.165) is 43.6 Å². The van der Waals surface area contributed by atoms with Crippen LogP contribution in [0.1, 0.15) is 49.4 Å². The van der Waals surface area contributed by atoms with E-state index in [4.69, 9.17) is 0 Å². The van der Waals surface area contributed by atoms with Crippen molar-refractivity contribution in [3.05, 3.63) is 41.6 Å². The molecule has 24 heavy (non-hydrogen) atoms. The first kappa shape index (κ1) is 17.1. The number of hydrogen-bond acceptors (Lipinski definition) is 3. The van der Waals surface area contributed by atoms with Gasteiger partial charge in [-0.2, -0.15) is 0 Å². The first-order valence-corrected chi connectivity index (χ1v) is 8.77. The van der Waals surface area contributed by atoms with Gasteiger partial charge in [0.05, 0.1) is 17.3 Å². The van der Waals surface area contributed by atoms with Gasteiger partial charge in [-0.05, 0) is 42.0 Å². The largest absolute Gasteiger partial charge is 0.506 e. The summed E-state index contributed by atoms with van der Waals surface area (Å²) in [4.78, 5) is 2.41. The lowest BCUT2D eigenvalue weighted by Crippen LogP contribution is -2.35. The maximum Gasteiger partial charge on any atom is 0.132 e. The number of aliphatic hydroxyl groups excluding tert-OH is 2. The van der Waals surface area contributed by atoms with Crippen molar-refractivity contribution in [3.8, 4) is 0 Å². The van der Waals surface area contributed by atoms with Crippen LogP contribution in [0.5, 0.6) is 0 Å². The summed E-state index contributed by atoms with van der Waals surface area (Å²) in [7, 11) is 1.98. The Bertz CT molecular complexity index is 753. The van der Waals surface area contributed by atoms with Crippen molar-refractivity contribution in [2.45, 2.75) is 45.3 Å². The fraction of sp³-hybridized carbons (Fsp3) is 0.500. The van der Waals surface area contributed by atoms with Gasteiger partial charge in [0.25, 0.3) is 0 Å². The van der Waals surface area contributed by atoms with E-state index in [0.29, 0.717) is 5.92 Å². The second-order valence-electron chi connectivity index (χ2n) is 7.32. The van der Waals surface area contributed by atoms with Crippen LogP contribution >= 0.6 is 0 Å². The van der Waals surface area contributed by atoms with E-state index in [2.05, 4.69) is 37.5 Å². The Balaban J connectivity index is 1.99. The Morgan fingerprint density at radius 1 is 1.25 bits per heavy atom. The van der Waals surface area contributed by atoms with Crippen LogP contribution < -0.4 is 0 Å². The summed E-state index contributed by atoms with van der Waals surface area (Å²) in [5.74, 6) is 0.513. The molecule has 2 aromatic rings. The van der Waals surface area contributed by atoms with Crippen LogP contribution in [0.15, 0.2) is 24.8 Å². The molecule has 0 bridgehead atoms. The molecule has 1 fully saturated rings. The molecule has 0 aliphatic carbocycles. The van der Waals surface area contributed by atoms with Gasteiger partial charge in [0.15, 0.2) is 0 Å². The standard InChI is InChI=1S/C20H28N2O2/c1-13(2)18-10-15(12-22-7-5-17(24)6-8-22)9-16-11-19(14(3)23)21(4)20(16)18/h9-11,13,17,23-24H,3,5-8,12H2,1-2,4H3. The second-order valence-corrected chi connectivity index (χ2v) is 7.32. The van der Waals surface area contributed by atoms with Crippen LogP contribution in [0.25, 0.3) is 16.7 Å². The van der Waals surface area contributed by atoms with E-state index >= 15 is 0 Å². The molecule has 0 spiro atoms. The Labute approximate surface area is 144 Å². The van der Waals surface area contributed by atoms with Crippen LogP contribution in [0.2, 0.25) is 0 Å². The minimum absolute atomic E-state index is 0.106. The minimum Gasteiger partial charge on any atom is -0.506 e. The summed E-state index contributed by atoms with van der Waals surface area (Å²) in [5, 5.41) is 20.7. The number of aromatic nitrogens is 1. The van der Waals surface area contributed by atoms with E-state index in [-0.39, 0.29) is 11.9 Å². The summed E-state index contributed by atoms with van der Waals surface area (Å²) in [6, 6.07) is 6.54. The van der Waals surface area contributed by atoms with E-state index in [1.807, 2.05) is 17.7 Å². The lowest BCUT2D eigenvalue weighted by atomic mass is 9.97. The third-order valence-corrected chi connectivity index (χ3v) is 5.10. The average molecular weight is 328 g/mol. The number of piperidine rings is 1. The van der Waals surface area contributed by atoms with Crippen LogP contribution in [0.4, 0.5) is 0 Å². The first-order valence-electron chi connectivity index (χ1n) is 8.77. The van der Waals surface area contributed by atoms with Crippen molar-refractivity contribution < 1.29 is 10.2 Å². The highest BCUT2D eigenvalue weighted by Gasteiger charge is 2.19. The monoisotopic (exact) mass is 328 g/mol. The van der Waals surface area contributed by atoms with Gasteiger partial charge in [0.1, 0.15) is 5.76 Å². The van der Waals surface area contributed by atoms with E-state index < -0.39 is 0 Å². The fourth-order valence-electron chi connectivity index (χ4n) is 3.75. The van der Waals surface area contributed by atoms with Gasteiger partial charge < -0.3 is 14.8 Å². The number of nitrogens with zero attached hydrogens (tertiary/aromatic N) is 2. The molecular weight excluding hydrogens is 300 g/mol. The van der Waals surface area contributed by atoms with Gasteiger partial charge in [-0.15, -0.1) is 0 Å². The Kier molecular flexibility index (Phi) is 4.70. The van der Waals surface area contributed by atoms with Crippen molar-refractivity contribution in [1.29, 1.82) is 0 Å². The third-order valence-electron chi connectivity index (χ3n) is 5.10. The fourth-order valence-corrected chi connectivity index (χ4v) is 3.75. The molecule has 0 radical (unpaired) electrons. The molecule has 1 aromatic carbocycles. The topological polar surface area (TPSA) is 48.6 Å². The summed E-state index contributed by atoms with van der Waals surface area (Å²) >= 11 is 0. The van der Waals surface area contributed by atoms with E-state index in [9.17, 15) is 10.2 Å². The van der Waals surface area contributed by atoms with Gasteiger partial charge in [-0.3, -0.25) is 4.90 Å². The molecular formula is C20H28N2O2. The molecule has 4 heteroatoms.